The van der Waals surface area contributed by atoms with Crippen molar-refractivity contribution in [1.29, 1.82) is 0 Å². The van der Waals surface area contributed by atoms with Crippen LogP contribution in [0.4, 0.5) is 0 Å². The standard InChI is InChI=1S/C13H16N6O7S/c1-2-25-12(24)6-5-7(18(16-6)13(14)27)10(23)19(17-15-5)11-9(22)8(21)4(3-20)26-11/h4,8-9,11,20-22H,2-3H2,1H3,(H2,14,27). The molecule has 4 unspecified atom stereocenters. The number of aromatic nitrogens is 5. The molecule has 146 valence electrons. The van der Waals surface area contributed by atoms with Gasteiger partial charge in [-0.05, 0) is 19.1 Å². The van der Waals surface area contributed by atoms with Crippen molar-refractivity contribution in [3.05, 3.63) is 16.0 Å². The monoisotopic (exact) mass is 400 g/mol. The van der Waals surface area contributed by atoms with Crippen LogP contribution in [0.2, 0.25) is 0 Å². The van der Waals surface area contributed by atoms with E-state index in [2.05, 4.69) is 15.4 Å². The van der Waals surface area contributed by atoms with Gasteiger partial charge in [0.15, 0.2) is 28.1 Å². The van der Waals surface area contributed by atoms with Gasteiger partial charge in [0.25, 0.3) is 5.56 Å². The fourth-order valence-electron chi connectivity index (χ4n) is 2.68. The third-order valence-electron chi connectivity index (χ3n) is 3.95. The van der Waals surface area contributed by atoms with Crippen molar-refractivity contribution < 1.29 is 29.6 Å². The van der Waals surface area contributed by atoms with Crippen molar-refractivity contribution in [2.24, 2.45) is 5.73 Å². The third-order valence-corrected chi connectivity index (χ3v) is 4.12. The van der Waals surface area contributed by atoms with E-state index in [0.29, 0.717) is 4.68 Å². The molecule has 0 radical (unpaired) electrons. The van der Waals surface area contributed by atoms with E-state index in [1.165, 1.54) is 0 Å². The smallest absolute Gasteiger partial charge is 0.361 e. The maximum absolute atomic E-state index is 12.9. The summed E-state index contributed by atoms with van der Waals surface area (Å²) in [5.74, 6) is -0.850. The second kappa shape index (κ2) is 7.24. The van der Waals surface area contributed by atoms with Crippen LogP contribution in [-0.2, 0) is 9.47 Å². The zero-order chi connectivity index (χ0) is 19.9. The zero-order valence-corrected chi connectivity index (χ0v) is 14.7. The van der Waals surface area contributed by atoms with Crippen LogP contribution < -0.4 is 11.3 Å². The van der Waals surface area contributed by atoms with Crippen LogP contribution in [0.3, 0.4) is 0 Å². The molecule has 0 bridgehead atoms. The van der Waals surface area contributed by atoms with Crippen LogP contribution in [0, 0.1) is 0 Å². The minimum Gasteiger partial charge on any atom is -0.461 e. The first-order valence-corrected chi connectivity index (χ1v) is 8.20. The molecule has 0 aromatic carbocycles. The first kappa shape index (κ1) is 19.2. The summed E-state index contributed by atoms with van der Waals surface area (Å²) in [6.07, 6.45) is -5.55. The summed E-state index contributed by atoms with van der Waals surface area (Å²) < 4.78 is 11.6. The molecular formula is C13H16N6O7S. The quantitative estimate of drug-likeness (QED) is 0.299. The Labute approximate surface area is 155 Å². The summed E-state index contributed by atoms with van der Waals surface area (Å²) in [7, 11) is 0. The molecule has 0 saturated carbocycles. The van der Waals surface area contributed by atoms with Gasteiger partial charge in [0.05, 0.1) is 13.2 Å². The van der Waals surface area contributed by atoms with Crippen molar-refractivity contribution >= 4 is 34.3 Å². The molecule has 0 spiro atoms. The van der Waals surface area contributed by atoms with Gasteiger partial charge < -0.3 is 30.5 Å². The summed E-state index contributed by atoms with van der Waals surface area (Å²) in [6.45, 7) is 1.06. The first-order chi connectivity index (χ1) is 12.8. The highest BCUT2D eigenvalue weighted by molar-refractivity contribution is 7.80. The lowest BCUT2D eigenvalue weighted by molar-refractivity contribution is -0.0619. The average Bonchev–Trinajstić information content (AvgIpc) is 3.16. The molecule has 0 aliphatic carbocycles. The molecule has 0 amide bonds. The molecule has 2 aromatic rings. The molecule has 3 rings (SSSR count). The summed E-state index contributed by atoms with van der Waals surface area (Å²) >= 11 is 4.85. The molecule has 1 saturated heterocycles. The van der Waals surface area contributed by atoms with Crippen molar-refractivity contribution in [2.75, 3.05) is 13.2 Å². The van der Waals surface area contributed by atoms with Crippen LogP contribution >= 0.6 is 12.2 Å². The number of carbonyl (C=O) groups is 1. The van der Waals surface area contributed by atoms with Gasteiger partial charge in [0.2, 0.25) is 0 Å². The van der Waals surface area contributed by atoms with Gasteiger partial charge in [-0.3, -0.25) is 4.79 Å². The lowest BCUT2D eigenvalue weighted by Crippen LogP contribution is -2.37. The lowest BCUT2D eigenvalue weighted by Gasteiger charge is -2.15. The number of carbonyl (C=O) groups excluding carboxylic acids is 1. The van der Waals surface area contributed by atoms with E-state index in [1.54, 1.807) is 6.92 Å². The van der Waals surface area contributed by atoms with Gasteiger partial charge in [-0.25, -0.2) is 4.79 Å². The van der Waals surface area contributed by atoms with Crippen LogP contribution in [0.25, 0.3) is 11.0 Å². The number of ether oxygens (including phenoxy) is 2. The summed E-state index contributed by atoms with van der Waals surface area (Å²) in [5, 5.41) is 40.1. The number of thiocarbonyl (C=S) groups is 1. The Kier molecular flexibility index (Phi) is 5.16. The SMILES string of the molecule is CCOC(=O)c1nn(C(N)=S)c2c(=O)n(C3OC(CO)C(O)C3O)nnc12. The van der Waals surface area contributed by atoms with Gasteiger partial charge in [-0.1, -0.05) is 5.21 Å². The highest BCUT2D eigenvalue weighted by Crippen LogP contribution is 2.28. The number of aliphatic hydroxyl groups is 3. The van der Waals surface area contributed by atoms with Crippen molar-refractivity contribution in [3.63, 3.8) is 0 Å². The predicted octanol–water partition coefficient (Wildman–Crippen LogP) is -3.13. The van der Waals surface area contributed by atoms with Crippen LogP contribution in [0.1, 0.15) is 23.6 Å². The van der Waals surface area contributed by atoms with E-state index in [0.717, 1.165) is 4.68 Å². The Morgan fingerprint density at radius 3 is 2.67 bits per heavy atom. The highest BCUT2D eigenvalue weighted by atomic mass is 32.1. The fourth-order valence-corrected chi connectivity index (χ4v) is 2.82. The molecule has 4 atom stereocenters. The number of nitrogens with two attached hydrogens (primary N) is 1. The summed E-state index contributed by atoms with van der Waals surface area (Å²) in [4.78, 5) is 24.9. The predicted molar refractivity (Wildman–Crippen MR) is 90.7 cm³/mol. The van der Waals surface area contributed by atoms with Crippen molar-refractivity contribution in [1.82, 2.24) is 24.8 Å². The van der Waals surface area contributed by atoms with Crippen LogP contribution in [0.15, 0.2) is 4.79 Å². The number of hydrogen-bond acceptors (Lipinski definition) is 11. The summed E-state index contributed by atoms with van der Waals surface area (Å²) in [5.41, 5.74) is 3.89. The molecule has 5 N–H and O–H groups in total. The highest BCUT2D eigenvalue weighted by Gasteiger charge is 2.45. The Bertz CT molecular complexity index is 959. The van der Waals surface area contributed by atoms with E-state index < -0.39 is 42.7 Å². The van der Waals surface area contributed by atoms with E-state index >= 15 is 0 Å². The second-order valence-electron chi connectivity index (χ2n) is 5.58. The molecule has 13 nitrogen and oxygen atoms in total. The number of esters is 1. The minimum atomic E-state index is -1.56. The van der Waals surface area contributed by atoms with Gasteiger partial charge >= 0.3 is 5.97 Å². The van der Waals surface area contributed by atoms with E-state index in [-0.39, 0.29) is 28.4 Å². The molecule has 14 heteroatoms. The molecule has 1 fully saturated rings. The average molecular weight is 400 g/mol. The maximum atomic E-state index is 12.9. The minimum absolute atomic E-state index is 0.0628. The largest absolute Gasteiger partial charge is 0.461 e. The molecule has 1 aliphatic heterocycles. The zero-order valence-electron chi connectivity index (χ0n) is 13.9. The lowest BCUT2D eigenvalue weighted by atomic mass is 10.1. The molecule has 1 aliphatic rings. The fraction of sp³-hybridized carbons (Fsp3) is 0.538. The maximum Gasteiger partial charge on any atom is 0.361 e. The number of aliphatic hydroxyl groups excluding tert-OH is 3. The molecule has 2 aromatic heterocycles. The molecule has 3 heterocycles. The van der Waals surface area contributed by atoms with E-state index in [4.69, 9.17) is 27.4 Å². The van der Waals surface area contributed by atoms with E-state index in [1.807, 2.05) is 0 Å². The van der Waals surface area contributed by atoms with Crippen LogP contribution in [0.5, 0.6) is 0 Å². The molecule has 27 heavy (non-hydrogen) atoms. The van der Waals surface area contributed by atoms with Gasteiger partial charge in [-0.15, -0.1) is 5.10 Å². The van der Waals surface area contributed by atoms with Gasteiger partial charge in [0.1, 0.15) is 18.3 Å². The Hall–Kier alpha value is -2.52. The van der Waals surface area contributed by atoms with Crippen LogP contribution in [-0.4, -0.2) is 82.7 Å². The topological polar surface area (TPSA) is 188 Å². The van der Waals surface area contributed by atoms with Crippen molar-refractivity contribution in [3.8, 4) is 0 Å². The molecular weight excluding hydrogens is 384 g/mol. The number of fused-ring (bicyclic) bond motifs is 1. The Morgan fingerprint density at radius 1 is 1.41 bits per heavy atom. The Balaban J connectivity index is 2.18. The summed E-state index contributed by atoms with van der Waals surface area (Å²) in [6, 6.07) is 0. The normalized spacial score (nSPS) is 25.0. The second-order valence-corrected chi connectivity index (χ2v) is 6.00. The third kappa shape index (κ3) is 3.06. The van der Waals surface area contributed by atoms with Gasteiger partial charge in [-0.2, -0.15) is 14.5 Å². The number of rotatable bonds is 4. The van der Waals surface area contributed by atoms with Gasteiger partial charge in [0, 0.05) is 0 Å². The number of hydrogen-bond donors (Lipinski definition) is 4. The Morgan fingerprint density at radius 2 is 2.11 bits per heavy atom. The first-order valence-electron chi connectivity index (χ1n) is 7.79. The number of nitrogens with zero attached hydrogens (tertiary/aromatic N) is 5. The van der Waals surface area contributed by atoms with Crippen molar-refractivity contribution in [2.45, 2.75) is 31.5 Å². The van der Waals surface area contributed by atoms with E-state index in [9.17, 15) is 24.9 Å².